The number of ether oxygens (including phenoxy) is 24. The number of hydrogen-bond donors (Lipinski definition) is 4. The van der Waals surface area contributed by atoms with Crippen LogP contribution in [-0.2, 0) is 128 Å². The number of carboxylic acids is 2. The second kappa shape index (κ2) is 95.9. The van der Waals surface area contributed by atoms with Gasteiger partial charge in [0.15, 0.2) is 0 Å². The van der Waals surface area contributed by atoms with Crippen molar-refractivity contribution in [3.63, 3.8) is 0 Å². The quantitative estimate of drug-likeness (QED) is 0.0145. The van der Waals surface area contributed by atoms with Gasteiger partial charge in [-0.1, -0.05) is 95.0 Å². The minimum Gasteiger partial charge on any atom is -0.481 e. The number of carbonyl (C=O) groups is 4. The average molecular weight is 1720 g/mol. The van der Waals surface area contributed by atoms with E-state index in [2.05, 4.69) is 32.5 Å². The fourth-order valence-corrected chi connectivity index (χ4v) is 11.8. The van der Waals surface area contributed by atoms with Crippen LogP contribution in [0.15, 0.2) is 5.11 Å². The molecule has 2 unspecified atom stereocenters. The molecule has 698 valence electrons. The van der Waals surface area contributed by atoms with E-state index in [4.69, 9.17) is 124 Å². The second-order valence-electron chi connectivity index (χ2n) is 27.8. The fourth-order valence-electron chi connectivity index (χ4n) is 11.8. The number of rotatable bonds is 97. The van der Waals surface area contributed by atoms with Crippen LogP contribution in [0.3, 0.4) is 0 Å². The van der Waals surface area contributed by atoms with Gasteiger partial charge in [-0.25, -0.2) is 4.79 Å². The zero-order valence-electron chi connectivity index (χ0n) is 72.6. The largest absolute Gasteiger partial charge is 0.481 e. The van der Waals surface area contributed by atoms with Gasteiger partial charge in [-0.2, -0.15) is 0 Å². The van der Waals surface area contributed by atoms with E-state index in [1.807, 2.05) is 0 Å². The molecule has 1 saturated carbocycles. The Morgan fingerprint density at radius 1 is 0.345 bits per heavy atom. The molecule has 0 bridgehead atoms. The standard InChI is InChI=1S/C72H140N4O28.C12H17NO2/c73-76-75-22-24-83-26-28-85-30-32-87-34-36-89-38-40-91-42-44-93-46-48-95-50-52-97-54-56-99-58-60-101-62-64-103-66-68-104-67-65-102-63-61-100-59-57-98-55-53-96-51-49-94-47-45-92-43-41-90-39-37-88-35-33-86-31-29-84-27-25-82-23-21-74-70(77)19-15-11-7-3-1-5-9-13-17-69(72(80)81)18-14-10-6-2-4-8-12-16-20-71(78)79;1-13-12(14)15-8-11-9-6-4-2-3-5-7-10(9)11/h69H,1-68H2,(H,74,77)(H,78,79)(H,80,81);9-11H,4-8H2,1H3,(H,13,14)/t;9-,10+,11?. The molecule has 4 N–H and O–H groups in total. The van der Waals surface area contributed by atoms with Crippen molar-refractivity contribution < 1.29 is 143 Å². The molecule has 35 nitrogen and oxygen atoms in total. The molecular formula is C84H157N5O30. The van der Waals surface area contributed by atoms with Crippen molar-refractivity contribution >= 4 is 23.9 Å². The summed E-state index contributed by atoms with van der Waals surface area (Å²) < 4.78 is 132. The highest BCUT2D eigenvalue weighted by atomic mass is 16.6. The number of amides is 2. The number of nitrogens with one attached hydrogen (secondary N) is 2. The second-order valence-corrected chi connectivity index (χ2v) is 27.8. The van der Waals surface area contributed by atoms with Crippen molar-refractivity contribution in [2.45, 2.75) is 154 Å². The topological polar surface area (TPSA) is 403 Å². The number of carbonyl (C=O) groups excluding carboxylic acids is 2. The molecular weight excluding hydrogens is 1560 g/mol. The summed E-state index contributed by atoms with van der Waals surface area (Å²) >= 11 is 0. The maximum atomic E-state index is 12.2. The maximum absolute atomic E-state index is 12.2. The first-order chi connectivity index (χ1) is 58.8. The third-order valence-electron chi connectivity index (χ3n) is 18.4. The molecule has 2 amide bonds. The molecule has 35 heteroatoms. The predicted octanol–water partition coefficient (Wildman–Crippen LogP) is 9.16. The number of azide groups is 1. The van der Waals surface area contributed by atoms with Crippen LogP contribution in [0.5, 0.6) is 0 Å². The van der Waals surface area contributed by atoms with Gasteiger partial charge in [-0.15, -0.1) is 11.8 Å². The third-order valence-corrected chi connectivity index (χ3v) is 18.4. The Bertz CT molecular complexity index is 2270. The molecule has 0 aromatic carbocycles. The number of nitrogens with zero attached hydrogens (tertiary/aromatic N) is 3. The van der Waals surface area contributed by atoms with Gasteiger partial charge in [-0.3, -0.25) is 14.4 Å². The molecule has 0 aromatic rings. The van der Waals surface area contributed by atoms with E-state index in [9.17, 15) is 24.3 Å². The van der Waals surface area contributed by atoms with Crippen LogP contribution in [0, 0.1) is 35.5 Å². The van der Waals surface area contributed by atoms with Crippen LogP contribution in [0.2, 0.25) is 0 Å². The minimum absolute atomic E-state index is 0.0508. The van der Waals surface area contributed by atoms with Crippen LogP contribution in [0.4, 0.5) is 4.79 Å². The SMILES string of the molecule is CNC(=O)OCC1[C@H]2CCC#CCC[C@@H]12.[N-]=[N+]=NCCOCCOCCOCCOCCOCCOCCOCCOCCOCCOCCOCCOCCOCCOCCOCCOCCOCCOCCOCCOCCOCCOCCOCCNC(=O)CCCCCCCCCCC(CCCCCCCCCCC(=O)O)C(=O)O. The summed E-state index contributed by atoms with van der Waals surface area (Å²) in [6, 6.07) is 0. The summed E-state index contributed by atoms with van der Waals surface area (Å²) in [5.41, 5.74) is 8.18. The van der Waals surface area contributed by atoms with Gasteiger partial charge in [-0.05, 0) is 61.8 Å². The van der Waals surface area contributed by atoms with E-state index in [1.54, 1.807) is 7.05 Å². The number of fused-ring (bicyclic) bond motifs is 1. The highest BCUT2D eigenvalue weighted by Gasteiger charge is 2.49. The highest BCUT2D eigenvalue weighted by Crippen LogP contribution is 2.52. The Morgan fingerprint density at radius 3 is 0.824 bits per heavy atom. The fraction of sp³-hybridized carbons (Fsp3) is 0.929. The van der Waals surface area contributed by atoms with E-state index in [0.717, 1.165) is 140 Å². The van der Waals surface area contributed by atoms with Gasteiger partial charge in [0.1, 0.15) is 0 Å². The van der Waals surface area contributed by atoms with E-state index in [0.29, 0.717) is 336 Å². The van der Waals surface area contributed by atoms with E-state index < -0.39 is 11.9 Å². The molecule has 0 saturated heterocycles. The van der Waals surface area contributed by atoms with E-state index in [-0.39, 0.29) is 24.3 Å². The smallest absolute Gasteiger partial charge is 0.406 e. The molecule has 0 heterocycles. The lowest BCUT2D eigenvalue weighted by atomic mass is 9.94. The van der Waals surface area contributed by atoms with Crippen LogP contribution in [-0.4, -0.2) is 365 Å². The van der Waals surface area contributed by atoms with Crippen LogP contribution >= 0.6 is 0 Å². The van der Waals surface area contributed by atoms with E-state index >= 15 is 0 Å². The Labute approximate surface area is 710 Å². The summed E-state index contributed by atoms with van der Waals surface area (Å²) in [5.74, 6) is 6.86. The summed E-state index contributed by atoms with van der Waals surface area (Å²) in [5, 5.41) is 27.1. The van der Waals surface area contributed by atoms with Gasteiger partial charge in [0.05, 0.1) is 316 Å². The highest BCUT2D eigenvalue weighted by molar-refractivity contribution is 5.75. The summed E-state index contributed by atoms with van der Waals surface area (Å²) in [6.45, 7) is 23.0. The molecule has 1 fully saturated rings. The van der Waals surface area contributed by atoms with Crippen molar-refractivity contribution in [1.29, 1.82) is 0 Å². The minimum atomic E-state index is -0.724. The third kappa shape index (κ3) is 88.3. The number of hydrogen-bond acceptors (Lipinski definition) is 29. The first-order valence-corrected chi connectivity index (χ1v) is 44.1. The first-order valence-electron chi connectivity index (χ1n) is 44.1. The molecule has 0 aromatic heterocycles. The lowest BCUT2D eigenvalue weighted by molar-refractivity contribution is -0.142. The van der Waals surface area contributed by atoms with Gasteiger partial charge >= 0.3 is 18.0 Å². The van der Waals surface area contributed by atoms with Crippen LogP contribution < -0.4 is 10.6 Å². The van der Waals surface area contributed by atoms with Gasteiger partial charge < -0.3 is 135 Å². The van der Waals surface area contributed by atoms with E-state index in [1.165, 1.54) is 12.8 Å². The lowest BCUT2D eigenvalue weighted by Crippen LogP contribution is -2.27. The monoisotopic (exact) mass is 1720 g/mol. The summed E-state index contributed by atoms with van der Waals surface area (Å²) in [6.07, 6.45) is 23.0. The van der Waals surface area contributed by atoms with Crippen molar-refractivity contribution in [2.75, 3.05) is 331 Å². The zero-order valence-corrected chi connectivity index (χ0v) is 72.6. The molecule has 0 spiro atoms. The zero-order chi connectivity index (χ0) is 85.5. The molecule has 0 radical (unpaired) electrons. The van der Waals surface area contributed by atoms with Crippen molar-refractivity contribution in [3.8, 4) is 11.8 Å². The average Bonchev–Trinajstić information content (AvgIpc) is 1.63. The predicted molar refractivity (Wildman–Crippen MR) is 444 cm³/mol. The Morgan fingerprint density at radius 2 is 0.580 bits per heavy atom. The lowest BCUT2D eigenvalue weighted by Gasteiger charge is -2.12. The first kappa shape index (κ1) is 113. The van der Waals surface area contributed by atoms with Crippen LogP contribution in [0.25, 0.3) is 10.4 Å². The van der Waals surface area contributed by atoms with Gasteiger partial charge in [0.2, 0.25) is 5.91 Å². The Hall–Kier alpha value is -4.37. The van der Waals surface area contributed by atoms with Gasteiger partial charge in [0, 0.05) is 50.7 Å². The molecule has 0 aliphatic heterocycles. The molecule has 2 rings (SSSR count). The van der Waals surface area contributed by atoms with Crippen molar-refractivity contribution in [1.82, 2.24) is 10.6 Å². The Kier molecular flexibility index (Phi) is 90.7. The molecule has 4 atom stereocenters. The molecule has 2 aliphatic carbocycles. The molecule has 119 heavy (non-hydrogen) atoms. The number of aliphatic carboxylic acids is 2. The number of alkyl carbamates (subject to hydrolysis) is 1. The van der Waals surface area contributed by atoms with Crippen molar-refractivity contribution in [2.24, 2.45) is 28.8 Å². The normalized spacial score (nSPS) is 14.4. The maximum Gasteiger partial charge on any atom is 0.406 e. The summed E-state index contributed by atoms with van der Waals surface area (Å²) in [7, 11) is 1.59. The summed E-state index contributed by atoms with van der Waals surface area (Å²) in [4.78, 5) is 48.0. The Balaban J connectivity index is 0.00000418. The number of carboxylic acid groups (broad SMARTS) is 2. The van der Waals surface area contributed by atoms with Crippen LogP contribution in [0.1, 0.15) is 154 Å². The van der Waals surface area contributed by atoms with Gasteiger partial charge in [0.25, 0.3) is 0 Å². The molecule has 2 aliphatic rings. The number of unbranched alkanes of at least 4 members (excludes halogenated alkanes) is 14. The van der Waals surface area contributed by atoms with Crippen molar-refractivity contribution in [3.05, 3.63) is 10.4 Å².